The Kier molecular flexibility index (Phi) is 7.86. The standard InChI is InChI=1S/C23H26F2N4O2/c1-2-15-4-3-5-16(8-15)13-26-14-22(30)21(28-23(31)20-6-7-27-29-20)11-17-9-18(24)12-19(25)10-17/h3-10,12,21-22,26,30H,2,11,13-14H2,1H3,(H,27,29)(H,28,31)/t21-,22+/m0/s1. The van der Waals surface area contributed by atoms with E-state index in [1.54, 1.807) is 0 Å². The molecule has 1 aromatic heterocycles. The summed E-state index contributed by atoms with van der Waals surface area (Å²) in [5, 5.41) is 23.0. The zero-order valence-corrected chi connectivity index (χ0v) is 17.2. The maximum atomic E-state index is 13.6. The molecule has 2 atom stereocenters. The largest absolute Gasteiger partial charge is 0.390 e. The molecule has 0 saturated carbocycles. The summed E-state index contributed by atoms with van der Waals surface area (Å²) in [5.41, 5.74) is 2.86. The number of nitrogens with zero attached hydrogens (tertiary/aromatic N) is 1. The van der Waals surface area contributed by atoms with Gasteiger partial charge in [0.25, 0.3) is 5.91 Å². The lowest BCUT2D eigenvalue weighted by Crippen LogP contribution is -2.48. The van der Waals surface area contributed by atoms with Crippen molar-refractivity contribution in [3.63, 3.8) is 0 Å². The first-order chi connectivity index (χ1) is 14.9. The quantitative estimate of drug-likeness (QED) is 0.400. The summed E-state index contributed by atoms with van der Waals surface area (Å²) in [6, 6.07) is 12.0. The maximum Gasteiger partial charge on any atom is 0.269 e. The number of aryl methyl sites for hydroxylation is 1. The van der Waals surface area contributed by atoms with E-state index in [4.69, 9.17) is 0 Å². The van der Waals surface area contributed by atoms with Crippen molar-refractivity contribution in [2.24, 2.45) is 0 Å². The predicted molar refractivity (Wildman–Crippen MR) is 113 cm³/mol. The molecular weight excluding hydrogens is 402 g/mol. The van der Waals surface area contributed by atoms with E-state index in [1.165, 1.54) is 30.0 Å². The number of aromatic amines is 1. The number of aromatic nitrogens is 2. The lowest BCUT2D eigenvalue weighted by molar-refractivity contribution is 0.0825. The van der Waals surface area contributed by atoms with Gasteiger partial charge in [0.15, 0.2) is 0 Å². The normalized spacial score (nSPS) is 13.0. The highest BCUT2D eigenvalue weighted by atomic mass is 19.1. The molecule has 1 amide bonds. The van der Waals surface area contributed by atoms with Crippen molar-refractivity contribution < 1.29 is 18.7 Å². The van der Waals surface area contributed by atoms with Crippen LogP contribution in [-0.2, 0) is 19.4 Å². The average molecular weight is 428 g/mol. The Morgan fingerprint density at radius 2 is 1.84 bits per heavy atom. The van der Waals surface area contributed by atoms with Crippen LogP contribution in [0.1, 0.15) is 34.1 Å². The summed E-state index contributed by atoms with van der Waals surface area (Å²) < 4.78 is 27.2. The van der Waals surface area contributed by atoms with Gasteiger partial charge in [0.1, 0.15) is 17.3 Å². The Hall–Kier alpha value is -3.10. The number of hydrogen-bond donors (Lipinski definition) is 4. The molecule has 0 unspecified atom stereocenters. The molecule has 0 fully saturated rings. The number of nitrogens with one attached hydrogen (secondary N) is 3. The average Bonchev–Trinajstić information content (AvgIpc) is 3.28. The summed E-state index contributed by atoms with van der Waals surface area (Å²) in [6.07, 6.45) is 1.44. The van der Waals surface area contributed by atoms with Crippen LogP contribution in [0.4, 0.5) is 8.78 Å². The van der Waals surface area contributed by atoms with Gasteiger partial charge in [0.05, 0.1) is 12.1 Å². The molecule has 8 heteroatoms. The molecule has 2 aromatic carbocycles. The monoisotopic (exact) mass is 428 g/mol. The van der Waals surface area contributed by atoms with Crippen LogP contribution in [0.3, 0.4) is 0 Å². The van der Waals surface area contributed by atoms with E-state index in [-0.39, 0.29) is 18.7 Å². The number of benzene rings is 2. The first kappa shape index (κ1) is 22.6. The molecule has 0 aliphatic heterocycles. The van der Waals surface area contributed by atoms with Crippen molar-refractivity contribution in [2.45, 2.75) is 38.5 Å². The van der Waals surface area contributed by atoms with Gasteiger partial charge in [-0.1, -0.05) is 31.2 Å². The third-order valence-electron chi connectivity index (χ3n) is 4.99. The molecular formula is C23H26F2N4O2. The highest BCUT2D eigenvalue weighted by Gasteiger charge is 2.23. The summed E-state index contributed by atoms with van der Waals surface area (Å²) in [4.78, 5) is 12.4. The second-order valence-electron chi connectivity index (χ2n) is 7.40. The molecule has 3 aromatic rings. The van der Waals surface area contributed by atoms with Crippen LogP contribution in [0.5, 0.6) is 0 Å². The second-order valence-corrected chi connectivity index (χ2v) is 7.40. The van der Waals surface area contributed by atoms with Crippen molar-refractivity contribution in [1.82, 2.24) is 20.8 Å². The molecule has 6 nitrogen and oxygen atoms in total. The fourth-order valence-corrected chi connectivity index (χ4v) is 3.36. The fraction of sp³-hybridized carbons (Fsp3) is 0.304. The number of hydrogen-bond acceptors (Lipinski definition) is 4. The van der Waals surface area contributed by atoms with Crippen molar-refractivity contribution in [3.05, 3.63) is 88.7 Å². The van der Waals surface area contributed by atoms with Crippen molar-refractivity contribution in [1.29, 1.82) is 0 Å². The Morgan fingerprint density at radius 3 is 2.52 bits per heavy atom. The molecule has 31 heavy (non-hydrogen) atoms. The number of carbonyl (C=O) groups excluding carboxylic acids is 1. The first-order valence-corrected chi connectivity index (χ1v) is 10.2. The summed E-state index contributed by atoms with van der Waals surface area (Å²) in [5.74, 6) is -1.89. The lowest BCUT2D eigenvalue weighted by Gasteiger charge is -2.25. The molecule has 1 heterocycles. The van der Waals surface area contributed by atoms with Gasteiger partial charge in [-0.15, -0.1) is 0 Å². The minimum absolute atomic E-state index is 0.0583. The number of halogens is 2. The highest BCUT2D eigenvalue weighted by Crippen LogP contribution is 2.13. The van der Waals surface area contributed by atoms with Gasteiger partial charge in [0, 0.05) is 25.4 Å². The molecule has 0 saturated heterocycles. The molecule has 0 aliphatic carbocycles. The van der Waals surface area contributed by atoms with E-state index in [0.29, 0.717) is 12.1 Å². The van der Waals surface area contributed by atoms with Gasteiger partial charge in [-0.3, -0.25) is 9.89 Å². The molecule has 0 radical (unpaired) electrons. The van der Waals surface area contributed by atoms with Crippen LogP contribution in [0.15, 0.2) is 54.7 Å². The number of amides is 1. The van der Waals surface area contributed by atoms with E-state index in [2.05, 4.69) is 39.9 Å². The predicted octanol–water partition coefficient (Wildman–Crippen LogP) is 2.74. The van der Waals surface area contributed by atoms with E-state index < -0.39 is 29.7 Å². The Balaban J connectivity index is 1.67. The van der Waals surface area contributed by atoms with Crippen LogP contribution in [0.25, 0.3) is 0 Å². The van der Waals surface area contributed by atoms with Crippen LogP contribution >= 0.6 is 0 Å². The van der Waals surface area contributed by atoms with Gasteiger partial charge in [-0.25, -0.2) is 8.78 Å². The van der Waals surface area contributed by atoms with Crippen molar-refractivity contribution >= 4 is 5.91 Å². The molecule has 4 N–H and O–H groups in total. The maximum absolute atomic E-state index is 13.6. The second kappa shape index (κ2) is 10.8. The zero-order chi connectivity index (χ0) is 22.2. The summed E-state index contributed by atoms with van der Waals surface area (Å²) in [6.45, 7) is 2.81. The van der Waals surface area contributed by atoms with E-state index in [1.807, 2.05) is 12.1 Å². The van der Waals surface area contributed by atoms with Crippen molar-refractivity contribution in [3.8, 4) is 0 Å². The van der Waals surface area contributed by atoms with Gasteiger partial charge < -0.3 is 15.7 Å². The number of aliphatic hydroxyl groups is 1. The third-order valence-corrected chi connectivity index (χ3v) is 4.99. The topological polar surface area (TPSA) is 90.0 Å². The minimum Gasteiger partial charge on any atom is -0.390 e. The van der Waals surface area contributed by atoms with Crippen LogP contribution < -0.4 is 10.6 Å². The summed E-state index contributed by atoms with van der Waals surface area (Å²) in [7, 11) is 0. The van der Waals surface area contributed by atoms with Gasteiger partial charge in [-0.2, -0.15) is 5.10 Å². The molecule has 3 rings (SSSR count). The van der Waals surface area contributed by atoms with E-state index in [0.717, 1.165) is 18.1 Å². The molecule has 164 valence electrons. The van der Waals surface area contributed by atoms with Crippen molar-refractivity contribution in [2.75, 3.05) is 6.54 Å². The van der Waals surface area contributed by atoms with E-state index in [9.17, 15) is 18.7 Å². The minimum atomic E-state index is -0.993. The highest BCUT2D eigenvalue weighted by molar-refractivity contribution is 5.92. The summed E-state index contributed by atoms with van der Waals surface area (Å²) >= 11 is 0. The number of carbonyl (C=O) groups is 1. The van der Waals surface area contributed by atoms with Gasteiger partial charge in [-0.05, 0) is 47.7 Å². The Labute approximate surface area is 179 Å². The number of aliphatic hydroxyl groups excluding tert-OH is 1. The first-order valence-electron chi connectivity index (χ1n) is 10.2. The molecule has 0 spiro atoms. The Morgan fingerprint density at radius 1 is 1.10 bits per heavy atom. The van der Waals surface area contributed by atoms with Gasteiger partial charge >= 0.3 is 0 Å². The number of rotatable bonds is 10. The smallest absolute Gasteiger partial charge is 0.269 e. The third kappa shape index (κ3) is 6.70. The fourth-order valence-electron chi connectivity index (χ4n) is 3.36. The molecule has 0 aliphatic rings. The Bertz CT molecular complexity index is 975. The molecule has 0 bridgehead atoms. The SMILES string of the molecule is CCc1cccc(CNC[C@@H](O)[C@H](Cc2cc(F)cc(F)c2)NC(=O)c2ccn[nH]2)c1. The van der Waals surface area contributed by atoms with Crippen LogP contribution in [0, 0.1) is 11.6 Å². The lowest BCUT2D eigenvalue weighted by atomic mass is 10.00. The van der Waals surface area contributed by atoms with Crippen LogP contribution in [0.2, 0.25) is 0 Å². The van der Waals surface area contributed by atoms with E-state index >= 15 is 0 Å². The number of H-pyrrole nitrogens is 1. The van der Waals surface area contributed by atoms with Crippen LogP contribution in [-0.4, -0.2) is 39.9 Å². The zero-order valence-electron chi connectivity index (χ0n) is 17.2. The van der Waals surface area contributed by atoms with Gasteiger partial charge in [0.2, 0.25) is 0 Å².